The van der Waals surface area contributed by atoms with Gasteiger partial charge in [0.05, 0.1) is 6.10 Å². The zero-order valence-electron chi connectivity index (χ0n) is 9.65. The van der Waals surface area contributed by atoms with Crippen LogP contribution in [0.25, 0.3) is 0 Å². The van der Waals surface area contributed by atoms with Crippen molar-refractivity contribution in [3.05, 3.63) is 29.3 Å². The van der Waals surface area contributed by atoms with Gasteiger partial charge < -0.3 is 15.3 Å². The number of nitrogens with zero attached hydrogens (tertiary/aromatic N) is 1. The first kappa shape index (κ1) is 10.6. The maximum Gasteiger partial charge on any atom is 0.253 e. The van der Waals surface area contributed by atoms with Gasteiger partial charge in [-0.2, -0.15) is 0 Å². The van der Waals surface area contributed by atoms with E-state index >= 15 is 0 Å². The minimum absolute atomic E-state index is 0.0382. The maximum atomic E-state index is 12.2. The first-order valence-corrected chi connectivity index (χ1v) is 6.08. The molecule has 1 amide bonds. The molecule has 4 nitrogen and oxygen atoms in total. The molecule has 3 rings (SSSR count). The average molecular weight is 232 g/mol. The molecule has 1 aromatic rings. The average Bonchev–Trinajstić information content (AvgIpc) is 2.95. The predicted molar refractivity (Wildman–Crippen MR) is 65.2 cm³/mol. The van der Waals surface area contributed by atoms with Gasteiger partial charge in [-0.15, -0.1) is 0 Å². The number of nitrogens with one attached hydrogen (secondary N) is 1. The molecule has 0 aliphatic carbocycles. The Hall–Kier alpha value is -1.55. The number of aliphatic hydroxyl groups is 1. The molecular formula is C13H16N2O2. The van der Waals surface area contributed by atoms with Gasteiger partial charge in [-0.25, -0.2) is 0 Å². The van der Waals surface area contributed by atoms with Gasteiger partial charge in [-0.1, -0.05) is 0 Å². The molecule has 2 aliphatic heterocycles. The lowest BCUT2D eigenvalue weighted by Gasteiger charge is -2.16. The number of β-amino-alcohol motifs (C(OH)–C–C–N with tert-alkyl or cyclic N) is 1. The van der Waals surface area contributed by atoms with Crippen LogP contribution in [0, 0.1) is 0 Å². The summed E-state index contributed by atoms with van der Waals surface area (Å²) in [6.45, 7) is 2.08. The van der Waals surface area contributed by atoms with Crippen molar-refractivity contribution >= 4 is 11.6 Å². The highest BCUT2D eigenvalue weighted by Crippen LogP contribution is 2.24. The van der Waals surface area contributed by atoms with E-state index in [4.69, 9.17) is 0 Å². The van der Waals surface area contributed by atoms with Gasteiger partial charge in [0, 0.05) is 30.9 Å². The molecule has 2 heterocycles. The second-order valence-electron chi connectivity index (χ2n) is 4.74. The topological polar surface area (TPSA) is 52.6 Å². The van der Waals surface area contributed by atoms with E-state index in [0.29, 0.717) is 19.5 Å². The smallest absolute Gasteiger partial charge is 0.253 e. The summed E-state index contributed by atoms with van der Waals surface area (Å²) < 4.78 is 0. The largest absolute Gasteiger partial charge is 0.391 e. The van der Waals surface area contributed by atoms with E-state index in [-0.39, 0.29) is 12.0 Å². The molecule has 2 N–H and O–H groups in total. The van der Waals surface area contributed by atoms with Gasteiger partial charge in [-0.3, -0.25) is 4.79 Å². The van der Waals surface area contributed by atoms with Gasteiger partial charge in [0.2, 0.25) is 0 Å². The van der Waals surface area contributed by atoms with Gasteiger partial charge in [0.15, 0.2) is 0 Å². The molecule has 0 spiro atoms. The van der Waals surface area contributed by atoms with Crippen LogP contribution in [0.3, 0.4) is 0 Å². The zero-order valence-corrected chi connectivity index (χ0v) is 9.65. The van der Waals surface area contributed by atoms with Gasteiger partial charge in [0.25, 0.3) is 5.91 Å². The fourth-order valence-electron chi connectivity index (χ4n) is 2.55. The number of amides is 1. The third-order valence-electron chi connectivity index (χ3n) is 3.51. The lowest BCUT2D eigenvalue weighted by atomic mass is 10.1. The van der Waals surface area contributed by atoms with Crippen molar-refractivity contribution < 1.29 is 9.90 Å². The molecule has 1 fully saturated rings. The molecule has 0 aromatic heterocycles. The highest BCUT2D eigenvalue weighted by atomic mass is 16.3. The summed E-state index contributed by atoms with van der Waals surface area (Å²) in [7, 11) is 0. The third kappa shape index (κ3) is 1.89. The number of hydrogen-bond acceptors (Lipinski definition) is 3. The highest BCUT2D eigenvalue weighted by molar-refractivity contribution is 5.95. The number of aliphatic hydroxyl groups excluding tert-OH is 1. The summed E-state index contributed by atoms with van der Waals surface area (Å²) in [4.78, 5) is 13.9. The van der Waals surface area contributed by atoms with Crippen molar-refractivity contribution in [2.75, 3.05) is 25.0 Å². The third-order valence-corrected chi connectivity index (χ3v) is 3.51. The Morgan fingerprint density at radius 3 is 3.12 bits per heavy atom. The van der Waals surface area contributed by atoms with E-state index in [2.05, 4.69) is 5.32 Å². The van der Waals surface area contributed by atoms with E-state index in [1.54, 1.807) is 4.90 Å². The van der Waals surface area contributed by atoms with Gasteiger partial charge >= 0.3 is 0 Å². The van der Waals surface area contributed by atoms with E-state index in [9.17, 15) is 9.90 Å². The number of carbonyl (C=O) groups excluding carboxylic acids is 1. The van der Waals surface area contributed by atoms with Gasteiger partial charge in [0.1, 0.15) is 0 Å². The molecule has 0 saturated carbocycles. The summed E-state index contributed by atoms with van der Waals surface area (Å²) in [6.07, 6.45) is 1.33. The van der Waals surface area contributed by atoms with Crippen molar-refractivity contribution in [2.24, 2.45) is 0 Å². The van der Waals surface area contributed by atoms with Crippen LogP contribution in [0.15, 0.2) is 18.2 Å². The van der Waals surface area contributed by atoms with Crippen LogP contribution in [0.1, 0.15) is 22.3 Å². The summed E-state index contributed by atoms with van der Waals surface area (Å²) in [5.41, 5.74) is 3.10. The highest BCUT2D eigenvalue weighted by Gasteiger charge is 2.26. The van der Waals surface area contributed by atoms with Crippen LogP contribution in [0.2, 0.25) is 0 Å². The number of anilines is 1. The Bertz CT molecular complexity index is 459. The fraction of sp³-hybridized carbons (Fsp3) is 0.462. The Morgan fingerprint density at radius 1 is 1.47 bits per heavy atom. The molecule has 0 bridgehead atoms. The van der Waals surface area contributed by atoms with Crippen LogP contribution in [0.5, 0.6) is 0 Å². The molecule has 1 aromatic carbocycles. The number of rotatable bonds is 1. The summed E-state index contributed by atoms with van der Waals surface area (Å²) in [5, 5.41) is 12.7. The number of carbonyl (C=O) groups is 1. The van der Waals surface area contributed by atoms with Crippen LogP contribution < -0.4 is 5.32 Å². The van der Waals surface area contributed by atoms with Crippen molar-refractivity contribution in [3.63, 3.8) is 0 Å². The SMILES string of the molecule is O=C(c1ccc2c(c1)CCN2)N1CC[C@H](O)C1. The normalized spacial score (nSPS) is 22.4. The molecule has 1 atom stereocenters. The summed E-state index contributed by atoms with van der Waals surface area (Å²) >= 11 is 0. The maximum absolute atomic E-state index is 12.2. The van der Waals surface area contributed by atoms with Crippen LogP contribution >= 0.6 is 0 Å². The Kier molecular flexibility index (Phi) is 2.52. The number of benzene rings is 1. The van der Waals surface area contributed by atoms with E-state index in [0.717, 1.165) is 24.2 Å². The number of hydrogen-bond donors (Lipinski definition) is 2. The van der Waals surface area contributed by atoms with E-state index in [1.165, 1.54) is 5.56 Å². The Balaban J connectivity index is 1.82. The molecule has 0 radical (unpaired) electrons. The lowest BCUT2D eigenvalue weighted by molar-refractivity contribution is 0.0765. The molecule has 2 aliphatic rings. The van der Waals surface area contributed by atoms with Crippen molar-refractivity contribution in [3.8, 4) is 0 Å². The lowest BCUT2D eigenvalue weighted by Crippen LogP contribution is -2.29. The zero-order chi connectivity index (χ0) is 11.8. The fourth-order valence-corrected chi connectivity index (χ4v) is 2.55. The number of fused-ring (bicyclic) bond motifs is 1. The first-order valence-electron chi connectivity index (χ1n) is 6.08. The van der Waals surface area contributed by atoms with Crippen LogP contribution in [-0.2, 0) is 6.42 Å². The predicted octanol–water partition coefficient (Wildman–Crippen LogP) is 0.861. The molecule has 1 saturated heterocycles. The van der Waals surface area contributed by atoms with Crippen LogP contribution in [-0.4, -0.2) is 41.7 Å². The monoisotopic (exact) mass is 232 g/mol. The second-order valence-corrected chi connectivity index (χ2v) is 4.74. The van der Waals surface area contributed by atoms with Gasteiger partial charge in [-0.05, 0) is 36.6 Å². The standard InChI is InChI=1S/C13H16N2O2/c16-11-4-6-15(8-11)13(17)10-1-2-12-9(7-10)3-5-14-12/h1-2,7,11,14,16H,3-6,8H2/t11-/m0/s1. The van der Waals surface area contributed by atoms with Crippen molar-refractivity contribution in [1.82, 2.24) is 4.90 Å². The first-order chi connectivity index (χ1) is 8.24. The second kappa shape index (κ2) is 4.04. The molecule has 4 heteroatoms. The van der Waals surface area contributed by atoms with Crippen molar-refractivity contribution in [2.45, 2.75) is 18.9 Å². The molecule has 90 valence electrons. The summed E-state index contributed by atoms with van der Waals surface area (Å²) in [6, 6.07) is 5.81. The Labute approximate surface area is 100 Å². The minimum Gasteiger partial charge on any atom is -0.391 e. The molecule has 0 unspecified atom stereocenters. The van der Waals surface area contributed by atoms with Crippen LogP contribution in [0.4, 0.5) is 5.69 Å². The minimum atomic E-state index is -0.352. The summed E-state index contributed by atoms with van der Waals surface area (Å²) in [5.74, 6) is 0.0382. The Morgan fingerprint density at radius 2 is 2.35 bits per heavy atom. The van der Waals surface area contributed by atoms with E-state index < -0.39 is 0 Å². The van der Waals surface area contributed by atoms with Crippen molar-refractivity contribution in [1.29, 1.82) is 0 Å². The van der Waals surface area contributed by atoms with E-state index in [1.807, 2.05) is 18.2 Å². The molecule has 17 heavy (non-hydrogen) atoms. The quantitative estimate of drug-likeness (QED) is 0.755. The molecular weight excluding hydrogens is 216 g/mol. The number of likely N-dealkylation sites (tertiary alicyclic amines) is 1.